The van der Waals surface area contributed by atoms with Crippen LogP contribution in [-0.2, 0) is 16.4 Å². The number of rotatable bonds is 10. The molecule has 1 aliphatic rings. The number of benzene rings is 1. The highest BCUT2D eigenvalue weighted by atomic mass is 32.2. The Hall–Kier alpha value is -1.13. The van der Waals surface area contributed by atoms with E-state index in [0.717, 1.165) is 25.7 Å². The maximum absolute atomic E-state index is 12.4. The van der Waals surface area contributed by atoms with Crippen molar-refractivity contribution in [3.63, 3.8) is 0 Å². The molecule has 1 aromatic rings. The second kappa shape index (κ2) is 10.00. The zero-order valence-electron chi connectivity index (χ0n) is 14.9. The highest BCUT2D eigenvalue weighted by Crippen LogP contribution is 2.20. The van der Waals surface area contributed by atoms with Crippen LogP contribution in [0, 0.1) is 0 Å². The summed E-state index contributed by atoms with van der Waals surface area (Å²) in [5.74, 6) is 0. The first-order valence-corrected chi connectivity index (χ1v) is 10.9. The first-order valence-electron chi connectivity index (χ1n) is 9.38. The van der Waals surface area contributed by atoms with E-state index in [0.29, 0.717) is 11.4 Å². The van der Waals surface area contributed by atoms with Crippen LogP contribution in [0.3, 0.4) is 0 Å². The minimum Gasteiger partial charge on any atom is -0.211 e. The van der Waals surface area contributed by atoms with Crippen molar-refractivity contribution in [3.8, 4) is 0 Å². The molecule has 0 fully saturated rings. The number of hydrogen-bond acceptors (Lipinski definition) is 2. The molecule has 24 heavy (non-hydrogen) atoms. The van der Waals surface area contributed by atoms with Crippen LogP contribution in [0.4, 0.5) is 0 Å². The summed E-state index contributed by atoms with van der Waals surface area (Å²) in [5, 5.41) is 0. The van der Waals surface area contributed by atoms with Crippen molar-refractivity contribution in [1.82, 2.24) is 4.72 Å². The Bertz CT molecular complexity index is 618. The Balaban J connectivity index is 1.81. The molecule has 0 aromatic heterocycles. The van der Waals surface area contributed by atoms with E-state index in [2.05, 4.69) is 17.7 Å². The lowest BCUT2D eigenvalue weighted by Crippen LogP contribution is -2.25. The van der Waals surface area contributed by atoms with Crippen molar-refractivity contribution in [2.75, 3.05) is 6.54 Å². The first kappa shape index (κ1) is 19.2. The third-order valence-electron chi connectivity index (χ3n) is 4.68. The molecule has 3 nitrogen and oxygen atoms in total. The summed E-state index contributed by atoms with van der Waals surface area (Å²) < 4.78 is 27.4. The van der Waals surface area contributed by atoms with Gasteiger partial charge in [-0.15, -0.1) is 0 Å². The molecule has 4 heteroatoms. The zero-order chi connectivity index (χ0) is 17.3. The molecule has 134 valence electrons. The largest absolute Gasteiger partial charge is 0.240 e. The van der Waals surface area contributed by atoms with Gasteiger partial charge in [0.05, 0.1) is 4.90 Å². The number of nitrogens with one attached hydrogen (secondary N) is 1. The number of hydrogen-bond donors (Lipinski definition) is 1. The van der Waals surface area contributed by atoms with Gasteiger partial charge >= 0.3 is 0 Å². The molecule has 0 radical (unpaired) electrons. The van der Waals surface area contributed by atoms with Crippen molar-refractivity contribution in [2.45, 2.75) is 76.0 Å². The highest BCUT2D eigenvalue weighted by molar-refractivity contribution is 7.89. The van der Waals surface area contributed by atoms with Gasteiger partial charge in [-0.1, -0.05) is 50.0 Å². The van der Waals surface area contributed by atoms with Crippen LogP contribution in [0.1, 0.15) is 70.3 Å². The quantitative estimate of drug-likeness (QED) is 0.478. The smallest absolute Gasteiger partial charge is 0.211 e. The first-order chi connectivity index (χ1) is 11.6. The van der Waals surface area contributed by atoms with Crippen LogP contribution in [0.2, 0.25) is 0 Å². The van der Waals surface area contributed by atoms with E-state index in [9.17, 15) is 8.42 Å². The molecule has 1 N–H and O–H groups in total. The van der Waals surface area contributed by atoms with Crippen molar-refractivity contribution in [1.29, 1.82) is 0 Å². The molecule has 0 amide bonds. The SMILES string of the molecule is CCCCCCc1ccc(S(=O)(=O)NCCC2=CCCCC2)cc1. The van der Waals surface area contributed by atoms with Gasteiger partial charge in [0.15, 0.2) is 0 Å². The lowest BCUT2D eigenvalue weighted by Gasteiger charge is -2.13. The number of unbranched alkanes of at least 4 members (excludes halogenated alkanes) is 3. The standard InChI is InChI=1S/C20H31NO2S/c1-2-3-4-6-11-19-12-14-20(15-13-19)24(22,23)21-17-16-18-9-7-5-8-10-18/h9,12-15,21H,2-8,10-11,16-17H2,1H3. The molecule has 1 aromatic carbocycles. The lowest BCUT2D eigenvalue weighted by atomic mass is 9.97. The molecule has 1 aliphatic carbocycles. The fourth-order valence-electron chi connectivity index (χ4n) is 3.15. The van der Waals surface area contributed by atoms with Gasteiger partial charge in [0, 0.05) is 6.54 Å². The second-order valence-electron chi connectivity index (χ2n) is 6.71. The maximum Gasteiger partial charge on any atom is 0.240 e. The summed E-state index contributed by atoms with van der Waals surface area (Å²) in [7, 11) is -3.38. The summed E-state index contributed by atoms with van der Waals surface area (Å²) in [6, 6.07) is 7.36. The second-order valence-corrected chi connectivity index (χ2v) is 8.48. The number of aryl methyl sites for hydroxylation is 1. The minimum atomic E-state index is -3.38. The van der Waals surface area contributed by atoms with Gasteiger partial charge in [-0.2, -0.15) is 0 Å². The molecular formula is C20H31NO2S. The Morgan fingerprint density at radius 3 is 2.46 bits per heavy atom. The minimum absolute atomic E-state index is 0.373. The predicted octanol–water partition coefficient (Wildman–Crippen LogP) is 4.98. The van der Waals surface area contributed by atoms with Crippen molar-refractivity contribution >= 4 is 10.0 Å². The Labute approximate surface area is 147 Å². The van der Waals surface area contributed by atoms with Crippen LogP contribution >= 0.6 is 0 Å². The van der Waals surface area contributed by atoms with Gasteiger partial charge in [-0.05, 0) is 62.6 Å². The predicted molar refractivity (Wildman–Crippen MR) is 101 cm³/mol. The summed E-state index contributed by atoms with van der Waals surface area (Å²) in [5.41, 5.74) is 2.61. The van der Waals surface area contributed by atoms with E-state index < -0.39 is 10.0 Å². The topological polar surface area (TPSA) is 46.2 Å². The molecule has 0 unspecified atom stereocenters. The molecule has 0 bridgehead atoms. The highest BCUT2D eigenvalue weighted by Gasteiger charge is 2.13. The number of allylic oxidation sites excluding steroid dienone is 1. The lowest BCUT2D eigenvalue weighted by molar-refractivity contribution is 0.579. The van der Waals surface area contributed by atoms with E-state index >= 15 is 0 Å². The molecular weight excluding hydrogens is 318 g/mol. The van der Waals surface area contributed by atoms with Gasteiger partial charge < -0.3 is 0 Å². The van der Waals surface area contributed by atoms with Crippen LogP contribution < -0.4 is 4.72 Å². The average Bonchev–Trinajstić information content (AvgIpc) is 2.60. The molecule has 0 heterocycles. The Morgan fingerprint density at radius 2 is 1.79 bits per heavy atom. The van der Waals surface area contributed by atoms with E-state index in [1.807, 2.05) is 12.1 Å². The third-order valence-corrected chi connectivity index (χ3v) is 6.15. The average molecular weight is 350 g/mol. The van der Waals surface area contributed by atoms with Gasteiger partial charge in [-0.3, -0.25) is 0 Å². The van der Waals surface area contributed by atoms with Gasteiger partial charge in [0.25, 0.3) is 0 Å². The van der Waals surface area contributed by atoms with E-state index in [4.69, 9.17) is 0 Å². The van der Waals surface area contributed by atoms with Crippen LogP contribution in [0.5, 0.6) is 0 Å². The van der Waals surface area contributed by atoms with Gasteiger partial charge in [-0.25, -0.2) is 13.1 Å². The summed E-state index contributed by atoms with van der Waals surface area (Å²) in [6.07, 6.45) is 13.8. The maximum atomic E-state index is 12.4. The summed E-state index contributed by atoms with van der Waals surface area (Å²) in [4.78, 5) is 0.373. The normalized spacial score (nSPS) is 15.3. The third kappa shape index (κ3) is 6.40. The van der Waals surface area contributed by atoms with Gasteiger partial charge in [0.1, 0.15) is 0 Å². The Morgan fingerprint density at radius 1 is 1.00 bits per heavy atom. The van der Waals surface area contributed by atoms with Crippen LogP contribution in [-0.4, -0.2) is 15.0 Å². The van der Waals surface area contributed by atoms with Gasteiger partial charge in [0.2, 0.25) is 10.0 Å². The summed E-state index contributed by atoms with van der Waals surface area (Å²) >= 11 is 0. The monoisotopic (exact) mass is 349 g/mol. The Kier molecular flexibility index (Phi) is 8.00. The zero-order valence-corrected chi connectivity index (χ0v) is 15.7. The fraction of sp³-hybridized carbons (Fsp3) is 0.600. The molecule has 2 rings (SSSR count). The van der Waals surface area contributed by atoms with Crippen molar-refractivity contribution in [3.05, 3.63) is 41.5 Å². The van der Waals surface area contributed by atoms with Crippen LogP contribution in [0.15, 0.2) is 40.8 Å². The van der Waals surface area contributed by atoms with E-state index in [1.54, 1.807) is 12.1 Å². The van der Waals surface area contributed by atoms with E-state index in [1.165, 1.54) is 49.7 Å². The number of sulfonamides is 1. The van der Waals surface area contributed by atoms with E-state index in [-0.39, 0.29) is 0 Å². The molecule has 0 aliphatic heterocycles. The molecule has 0 saturated carbocycles. The van der Waals surface area contributed by atoms with Crippen molar-refractivity contribution < 1.29 is 8.42 Å². The van der Waals surface area contributed by atoms with Crippen LogP contribution in [0.25, 0.3) is 0 Å². The molecule has 0 atom stereocenters. The molecule has 0 spiro atoms. The fourth-order valence-corrected chi connectivity index (χ4v) is 4.18. The molecule has 0 saturated heterocycles. The van der Waals surface area contributed by atoms with Crippen molar-refractivity contribution in [2.24, 2.45) is 0 Å². The summed E-state index contributed by atoms with van der Waals surface area (Å²) in [6.45, 7) is 2.70.